The number of hydrogen-bond donors (Lipinski definition) is 0. The molecule has 0 aromatic heterocycles. The van der Waals surface area contributed by atoms with E-state index in [4.69, 9.17) is 0 Å². The predicted octanol–water partition coefficient (Wildman–Crippen LogP) is 4.41. The van der Waals surface area contributed by atoms with Gasteiger partial charge in [0, 0.05) is 18.3 Å². The molecule has 0 aliphatic carbocycles. The predicted molar refractivity (Wildman–Crippen MR) is 91.6 cm³/mol. The minimum absolute atomic E-state index is 0.0526. The molecule has 2 rings (SSSR count). The lowest BCUT2D eigenvalue weighted by molar-refractivity contribution is -0.134. The number of amides is 1. The van der Waals surface area contributed by atoms with Crippen molar-refractivity contribution in [1.82, 2.24) is 4.90 Å². The van der Waals surface area contributed by atoms with Crippen LogP contribution in [0.3, 0.4) is 0 Å². The van der Waals surface area contributed by atoms with Gasteiger partial charge in [-0.2, -0.15) is 0 Å². The van der Waals surface area contributed by atoms with E-state index in [1.807, 2.05) is 0 Å². The van der Waals surface area contributed by atoms with Gasteiger partial charge >= 0.3 is 0 Å². The summed E-state index contributed by atoms with van der Waals surface area (Å²) in [4.78, 5) is 14.8. The lowest BCUT2D eigenvalue weighted by atomic mass is 10.00. The van der Waals surface area contributed by atoms with Crippen LogP contribution in [-0.2, 0) is 10.5 Å². The van der Waals surface area contributed by atoms with Gasteiger partial charge in [-0.3, -0.25) is 4.79 Å². The minimum Gasteiger partial charge on any atom is -0.339 e. The molecule has 1 aromatic carbocycles. The fourth-order valence-corrected chi connectivity index (χ4v) is 4.04. The van der Waals surface area contributed by atoms with Crippen LogP contribution in [0.2, 0.25) is 0 Å². The molecule has 1 amide bonds. The first-order valence-electron chi connectivity index (χ1n) is 8.10. The van der Waals surface area contributed by atoms with Gasteiger partial charge in [0.2, 0.25) is 5.91 Å². The summed E-state index contributed by atoms with van der Waals surface area (Å²) in [6.45, 7) is 7.35. The van der Waals surface area contributed by atoms with Crippen molar-refractivity contribution in [3.05, 3.63) is 35.4 Å². The summed E-state index contributed by atoms with van der Waals surface area (Å²) >= 11 is 1.77. The van der Waals surface area contributed by atoms with Gasteiger partial charge in [-0.15, -0.1) is 11.8 Å². The Morgan fingerprint density at radius 3 is 2.86 bits per heavy atom. The molecule has 0 saturated carbocycles. The Balaban J connectivity index is 1.91. The minimum atomic E-state index is 0.0526. The van der Waals surface area contributed by atoms with Crippen molar-refractivity contribution in [2.75, 3.05) is 6.54 Å². The molecule has 2 nitrogen and oxygen atoms in total. The summed E-state index contributed by atoms with van der Waals surface area (Å²) in [6.07, 6.45) is 4.70. The lowest BCUT2D eigenvalue weighted by Gasteiger charge is -2.36. The normalized spacial score (nSPS) is 20.3. The SMILES string of the molecule is CCC1CCCCN1C(=O)C(C)SCc1ccccc1C. The molecule has 0 bridgehead atoms. The largest absolute Gasteiger partial charge is 0.339 e. The van der Waals surface area contributed by atoms with Crippen molar-refractivity contribution in [2.45, 2.75) is 63.5 Å². The maximum atomic E-state index is 12.7. The summed E-state index contributed by atoms with van der Waals surface area (Å²) in [5.74, 6) is 1.25. The van der Waals surface area contributed by atoms with Gasteiger partial charge in [0.1, 0.15) is 0 Å². The third kappa shape index (κ3) is 4.26. The Hall–Kier alpha value is -0.960. The summed E-state index contributed by atoms with van der Waals surface area (Å²) in [6, 6.07) is 8.91. The lowest BCUT2D eigenvalue weighted by Crippen LogP contribution is -2.46. The van der Waals surface area contributed by atoms with E-state index < -0.39 is 0 Å². The monoisotopic (exact) mass is 305 g/mol. The Bertz CT molecular complexity index is 474. The van der Waals surface area contributed by atoms with Gasteiger partial charge in [0.25, 0.3) is 0 Å². The van der Waals surface area contributed by atoms with E-state index in [2.05, 4.69) is 49.9 Å². The highest BCUT2D eigenvalue weighted by Gasteiger charge is 2.28. The van der Waals surface area contributed by atoms with Crippen LogP contribution in [0, 0.1) is 6.92 Å². The Morgan fingerprint density at radius 2 is 2.14 bits per heavy atom. The van der Waals surface area contributed by atoms with Gasteiger partial charge in [0.15, 0.2) is 0 Å². The van der Waals surface area contributed by atoms with Crippen LogP contribution in [0.15, 0.2) is 24.3 Å². The molecule has 2 unspecified atom stereocenters. The zero-order valence-electron chi connectivity index (χ0n) is 13.5. The molecule has 1 aliphatic rings. The van der Waals surface area contributed by atoms with Crippen molar-refractivity contribution >= 4 is 17.7 Å². The van der Waals surface area contributed by atoms with E-state index in [1.54, 1.807) is 11.8 Å². The highest BCUT2D eigenvalue weighted by Crippen LogP contribution is 2.25. The first-order valence-corrected chi connectivity index (χ1v) is 9.15. The van der Waals surface area contributed by atoms with Gasteiger partial charge < -0.3 is 4.90 Å². The van der Waals surface area contributed by atoms with Crippen molar-refractivity contribution in [3.63, 3.8) is 0 Å². The topological polar surface area (TPSA) is 20.3 Å². The average molecular weight is 305 g/mol. The molecule has 0 radical (unpaired) electrons. The Morgan fingerprint density at radius 1 is 1.38 bits per heavy atom. The number of hydrogen-bond acceptors (Lipinski definition) is 2. The smallest absolute Gasteiger partial charge is 0.235 e. The molecule has 3 heteroatoms. The second-order valence-electron chi connectivity index (χ2n) is 5.97. The number of aryl methyl sites for hydroxylation is 1. The summed E-state index contributed by atoms with van der Waals surface area (Å²) in [7, 11) is 0. The number of carbonyl (C=O) groups is 1. The molecular formula is C18H27NOS. The van der Waals surface area contributed by atoms with Gasteiger partial charge in [-0.25, -0.2) is 0 Å². The fourth-order valence-electron chi connectivity index (χ4n) is 3.01. The highest BCUT2D eigenvalue weighted by molar-refractivity contribution is 7.99. The van der Waals surface area contributed by atoms with Crippen LogP contribution in [0.5, 0.6) is 0 Å². The quantitative estimate of drug-likeness (QED) is 0.803. The van der Waals surface area contributed by atoms with Crippen LogP contribution in [0.4, 0.5) is 0 Å². The van der Waals surface area contributed by atoms with Crippen LogP contribution in [0.25, 0.3) is 0 Å². The molecule has 0 N–H and O–H groups in total. The van der Waals surface area contributed by atoms with E-state index in [-0.39, 0.29) is 5.25 Å². The van der Waals surface area contributed by atoms with Crippen LogP contribution in [-0.4, -0.2) is 28.6 Å². The van der Waals surface area contributed by atoms with Gasteiger partial charge in [-0.1, -0.05) is 31.2 Å². The van der Waals surface area contributed by atoms with E-state index in [0.29, 0.717) is 11.9 Å². The van der Waals surface area contributed by atoms with Crippen LogP contribution < -0.4 is 0 Å². The van der Waals surface area contributed by atoms with Crippen molar-refractivity contribution in [3.8, 4) is 0 Å². The first kappa shape index (κ1) is 16.4. The zero-order valence-corrected chi connectivity index (χ0v) is 14.3. The second kappa shape index (κ2) is 7.88. The third-order valence-electron chi connectivity index (χ3n) is 4.48. The number of piperidine rings is 1. The summed E-state index contributed by atoms with van der Waals surface area (Å²) in [5.41, 5.74) is 2.65. The Kier molecular flexibility index (Phi) is 6.16. The van der Waals surface area contributed by atoms with Crippen LogP contribution >= 0.6 is 11.8 Å². The molecular weight excluding hydrogens is 278 g/mol. The number of benzene rings is 1. The van der Waals surface area contributed by atoms with E-state index >= 15 is 0 Å². The fraction of sp³-hybridized carbons (Fsp3) is 0.611. The standard InChI is InChI=1S/C18H27NOS/c1-4-17-11-7-8-12-19(17)18(20)15(3)21-13-16-10-6-5-9-14(16)2/h5-6,9-10,15,17H,4,7-8,11-13H2,1-3H3. The van der Waals surface area contributed by atoms with Gasteiger partial charge in [-0.05, 0) is 50.7 Å². The number of likely N-dealkylation sites (tertiary alicyclic amines) is 1. The molecule has 116 valence electrons. The molecule has 21 heavy (non-hydrogen) atoms. The zero-order chi connectivity index (χ0) is 15.2. The molecule has 0 spiro atoms. The number of nitrogens with zero attached hydrogens (tertiary/aromatic N) is 1. The molecule has 1 aliphatic heterocycles. The van der Waals surface area contributed by atoms with Crippen LogP contribution in [0.1, 0.15) is 50.7 Å². The highest BCUT2D eigenvalue weighted by atomic mass is 32.2. The Labute approximate surface area is 133 Å². The second-order valence-corrected chi connectivity index (χ2v) is 7.30. The van der Waals surface area contributed by atoms with Crippen molar-refractivity contribution in [1.29, 1.82) is 0 Å². The molecule has 1 heterocycles. The summed E-state index contributed by atoms with van der Waals surface area (Å²) < 4.78 is 0. The van der Waals surface area contributed by atoms with Crippen molar-refractivity contribution in [2.24, 2.45) is 0 Å². The number of carbonyl (C=O) groups excluding carboxylic acids is 1. The molecule has 2 atom stereocenters. The maximum Gasteiger partial charge on any atom is 0.235 e. The maximum absolute atomic E-state index is 12.7. The van der Waals surface area contributed by atoms with E-state index in [9.17, 15) is 4.79 Å². The summed E-state index contributed by atoms with van der Waals surface area (Å²) in [5, 5.41) is 0.0526. The first-order chi connectivity index (χ1) is 10.1. The molecule has 1 saturated heterocycles. The van der Waals surface area contributed by atoms with Gasteiger partial charge in [0.05, 0.1) is 5.25 Å². The average Bonchev–Trinajstić information content (AvgIpc) is 2.53. The van der Waals surface area contributed by atoms with E-state index in [0.717, 1.165) is 25.1 Å². The molecule has 1 fully saturated rings. The number of thioether (sulfide) groups is 1. The van der Waals surface area contributed by atoms with Crippen molar-refractivity contribution < 1.29 is 4.79 Å². The van der Waals surface area contributed by atoms with E-state index in [1.165, 1.54) is 24.0 Å². The third-order valence-corrected chi connectivity index (χ3v) is 5.66. The molecule has 1 aromatic rings. The number of rotatable bonds is 5.